The van der Waals surface area contributed by atoms with Crippen LogP contribution in [0.1, 0.15) is 31.4 Å². The minimum absolute atomic E-state index is 0.135. The molecule has 1 saturated carbocycles. The molecule has 0 radical (unpaired) electrons. The second-order valence-corrected chi connectivity index (χ2v) is 5.47. The van der Waals surface area contributed by atoms with Crippen LogP contribution in [0.15, 0.2) is 24.3 Å². The quantitative estimate of drug-likeness (QED) is 0.852. The third-order valence-electron chi connectivity index (χ3n) is 3.66. The molecule has 0 spiro atoms. The molecule has 0 bridgehead atoms. The van der Waals surface area contributed by atoms with Gasteiger partial charge < -0.3 is 10.8 Å². The first kappa shape index (κ1) is 11.9. The monoisotopic (exact) mass is 239 g/mol. The molecule has 1 aliphatic rings. The highest BCUT2D eigenvalue weighted by Crippen LogP contribution is 2.52. The highest BCUT2D eigenvalue weighted by molar-refractivity contribution is 6.30. The fourth-order valence-corrected chi connectivity index (χ4v) is 3.06. The van der Waals surface area contributed by atoms with Crippen molar-refractivity contribution in [3.8, 4) is 0 Å². The molecule has 3 heteroatoms. The lowest BCUT2D eigenvalue weighted by Crippen LogP contribution is -2.46. The molecule has 1 aliphatic carbocycles. The van der Waals surface area contributed by atoms with Gasteiger partial charge in [-0.15, -0.1) is 0 Å². The van der Waals surface area contributed by atoms with Gasteiger partial charge in [-0.05, 0) is 36.5 Å². The van der Waals surface area contributed by atoms with Crippen LogP contribution in [-0.2, 0) is 0 Å². The van der Waals surface area contributed by atoms with E-state index in [4.69, 9.17) is 17.3 Å². The van der Waals surface area contributed by atoms with E-state index in [1.54, 1.807) is 0 Å². The van der Waals surface area contributed by atoms with Gasteiger partial charge in [-0.3, -0.25) is 0 Å². The van der Waals surface area contributed by atoms with Crippen molar-refractivity contribution in [2.75, 3.05) is 6.54 Å². The Morgan fingerprint density at radius 1 is 1.56 bits per heavy atom. The first-order valence-corrected chi connectivity index (χ1v) is 6.09. The van der Waals surface area contributed by atoms with Gasteiger partial charge in [-0.2, -0.15) is 0 Å². The van der Waals surface area contributed by atoms with Gasteiger partial charge >= 0.3 is 0 Å². The lowest BCUT2D eigenvalue weighted by molar-refractivity contribution is -0.0602. The Bertz CT molecular complexity index is 374. The van der Waals surface area contributed by atoms with Crippen molar-refractivity contribution in [1.82, 2.24) is 0 Å². The number of hydrogen-bond acceptors (Lipinski definition) is 2. The summed E-state index contributed by atoms with van der Waals surface area (Å²) in [5.74, 6) is 0.664. The first-order valence-electron chi connectivity index (χ1n) is 5.71. The largest absolute Gasteiger partial charge is 0.388 e. The molecule has 0 saturated heterocycles. The maximum Gasteiger partial charge on any atom is 0.0859 e. The molecule has 2 rings (SSSR count). The lowest BCUT2D eigenvalue weighted by Gasteiger charge is -2.49. The van der Waals surface area contributed by atoms with E-state index >= 15 is 0 Å². The molecule has 2 nitrogen and oxygen atoms in total. The van der Waals surface area contributed by atoms with Crippen LogP contribution < -0.4 is 5.73 Å². The molecular weight excluding hydrogens is 222 g/mol. The number of halogens is 1. The highest BCUT2D eigenvalue weighted by Gasteiger charge is 2.46. The van der Waals surface area contributed by atoms with Gasteiger partial charge in [0.1, 0.15) is 0 Å². The van der Waals surface area contributed by atoms with E-state index in [0.29, 0.717) is 17.5 Å². The van der Waals surface area contributed by atoms with Crippen LogP contribution in [0.2, 0.25) is 5.02 Å². The Morgan fingerprint density at radius 2 is 2.25 bits per heavy atom. The van der Waals surface area contributed by atoms with Crippen molar-refractivity contribution in [3.05, 3.63) is 34.9 Å². The summed E-state index contributed by atoms with van der Waals surface area (Å²) in [7, 11) is 0. The van der Waals surface area contributed by atoms with Crippen LogP contribution in [0.4, 0.5) is 0 Å². The Balaban J connectivity index is 2.21. The number of hydrogen-bond donors (Lipinski definition) is 2. The summed E-state index contributed by atoms with van der Waals surface area (Å²) in [5.41, 5.74) is 6.56. The third kappa shape index (κ3) is 1.97. The van der Waals surface area contributed by atoms with Crippen molar-refractivity contribution >= 4 is 11.6 Å². The van der Waals surface area contributed by atoms with Crippen molar-refractivity contribution in [2.45, 2.75) is 25.9 Å². The molecule has 0 heterocycles. The van der Waals surface area contributed by atoms with Gasteiger partial charge in [0.15, 0.2) is 0 Å². The summed E-state index contributed by atoms with van der Waals surface area (Å²) in [5, 5.41) is 11.1. The molecule has 1 aromatic rings. The Kier molecular flexibility index (Phi) is 3.24. The summed E-state index contributed by atoms with van der Waals surface area (Å²) >= 11 is 5.93. The fourth-order valence-electron chi connectivity index (χ4n) is 2.86. The predicted molar refractivity (Wildman–Crippen MR) is 66.3 cm³/mol. The maximum atomic E-state index is 10.4. The van der Waals surface area contributed by atoms with Crippen LogP contribution in [0.5, 0.6) is 0 Å². The molecule has 1 fully saturated rings. The van der Waals surface area contributed by atoms with Crippen LogP contribution in [0, 0.1) is 11.3 Å². The number of benzene rings is 1. The van der Waals surface area contributed by atoms with Crippen molar-refractivity contribution < 1.29 is 5.11 Å². The zero-order valence-electron chi connectivity index (χ0n) is 9.49. The van der Waals surface area contributed by atoms with Gasteiger partial charge in [-0.25, -0.2) is 0 Å². The summed E-state index contributed by atoms with van der Waals surface area (Å²) in [6.45, 7) is 2.73. The van der Waals surface area contributed by atoms with Gasteiger partial charge in [0.05, 0.1) is 6.10 Å². The third-order valence-corrected chi connectivity index (χ3v) is 3.90. The number of aliphatic hydroxyl groups is 1. The van der Waals surface area contributed by atoms with E-state index in [9.17, 15) is 5.11 Å². The molecule has 0 aromatic heterocycles. The van der Waals surface area contributed by atoms with Gasteiger partial charge in [0, 0.05) is 17.0 Å². The van der Waals surface area contributed by atoms with Crippen molar-refractivity contribution in [1.29, 1.82) is 0 Å². The number of aliphatic hydroxyl groups excluding tert-OH is 1. The van der Waals surface area contributed by atoms with E-state index in [2.05, 4.69) is 6.92 Å². The highest BCUT2D eigenvalue weighted by atomic mass is 35.5. The number of rotatable bonds is 3. The van der Waals surface area contributed by atoms with Crippen molar-refractivity contribution in [2.24, 2.45) is 17.1 Å². The van der Waals surface area contributed by atoms with Gasteiger partial charge in [-0.1, -0.05) is 30.7 Å². The number of nitrogens with two attached hydrogens (primary N) is 1. The Hall–Kier alpha value is -0.570. The Labute approximate surface area is 101 Å². The zero-order chi connectivity index (χ0) is 11.8. The molecule has 0 amide bonds. The molecular formula is C13H18ClNO. The smallest absolute Gasteiger partial charge is 0.0859 e. The molecule has 1 atom stereocenters. The zero-order valence-corrected chi connectivity index (χ0v) is 10.2. The molecule has 0 aliphatic heterocycles. The summed E-state index contributed by atoms with van der Waals surface area (Å²) < 4.78 is 0. The van der Waals surface area contributed by atoms with E-state index < -0.39 is 6.10 Å². The molecule has 1 aromatic carbocycles. The van der Waals surface area contributed by atoms with Crippen molar-refractivity contribution in [3.63, 3.8) is 0 Å². The molecule has 3 N–H and O–H groups in total. The van der Waals surface area contributed by atoms with Crippen LogP contribution in [0.3, 0.4) is 0 Å². The molecule has 88 valence electrons. The normalized spacial score (nSPS) is 30.9. The van der Waals surface area contributed by atoms with E-state index in [-0.39, 0.29) is 5.41 Å². The maximum absolute atomic E-state index is 10.4. The van der Waals surface area contributed by atoms with E-state index in [0.717, 1.165) is 18.4 Å². The molecule has 0 unspecified atom stereocenters. The standard InChI is InChI=1S/C13H18ClNO/c1-9-6-13(7-9,8-15)12(16)10-3-2-4-11(14)5-10/h2-5,9,12,16H,6-8,15H2,1H3/t9?,12-,13?/m1/s1. The van der Waals surface area contributed by atoms with Crippen LogP contribution >= 0.6 is 11.6 Å². The second-order valence-electron chi connectivity index (χ2n) is 5.04. The SMILES string of the molecule is CC1CC(CN)([C@H](O)c2cccc(Cl)c2)C1. The average molecular weight is 240 g/mol. The van der Waals surface area contributed by atoms with E-state index in [1.807, 2.05) is 24.3 Å². The summed E-state index contributed by atoms with van der Waals surface area (Å²) in [6, 6.07) is 7.42. The Morgan fingerprint density at radius 3 is 2.75 bits per heavy atom. The minimum Gasteiger partial charge on any atom is -0.388 e. The lowest BCUT2D eigenvalue weighted by atomic mass is 9.58. The fraction of sp³-hybridized carbons (Fsp3) is 0.538. The topological polar surface area (TPSA) is 46.2 Å². The van der Waals surface area contributed by atoms with Gasteiger partial charge in [0.2, 0.25) is 0 Å². The molecule has 16 heavy (non-hydrogen) atoms. The predicted octanol–water partition coefficient (Wildman–Crippen LogP) is 2.75. The first-order chi connectivity index (χ1) is 7.57. The van der Waals surface area contributed by atoms with E-state index in [1.165, 1.54) is 0 Å². The minimum atomic E-state index is -0.493. The van der Waals surface area contributed by atoms with Crippen LogP contribution in [0.25, 0.3) is 0 Å². The average Bonchev–Trinajstić information content (AvgIpc) is 2.23. The van der Waals surface area contributed by atoms with Crippen LogP contribution in [-0.4, -0.2) is 11.7 Å². The van der Waals surface area contributed by atoms with Gasteiger partial charge in [0.25, 0.3) is 0 Å². The summed E-state index contributed by atoms with van der Waals surface area (Å²) in [6.07, 6.45) is 1.50. The second kappa shape index (κ2) is 4.36. The summed E-state index contributed by atoms with van der Waals surface area (Å²) in [4.78, 5) is 0.